The van der Waals surface area contributed by atoms with Gasteiger partial charge in [0.1, 0.15) is 10.7 Å². The van der Waals surface area contributed by atoms with Crippen molar-refractivity contribution in [3.05, 3.63) is 48.3 Å². The van der Waals surface area contributed by atoms with E-state index in [0.29, 0.717) is 0 Å². The van der Waals surface area contributed by atoms with Gasteiger partial charge in [-0.25, -0.2) is 17.8 Å². The predicted molar refractivity (Wildman–Crippen MR) is 65.8 cm³/mol. The number of nitrogens with two attached hydrogens (primary N) is 1. The molecule has 2 rings (SSSR count). The summed E-state index contributed by atoms with van der Waals surface area (Å²) in [5.41, 5.74) is 4.94. The van der Waals surface area contributed by atoms with Gasteiger partial charge in [-0.15, -0.1) is 0 Å². The summed E-state index contributed by atoms with van der Waals surface area (Å²) >= 11 is 0. The van der Waals surface area contributed by atoms with Gasteiger partial charge >= 0.3 is 0 Å². The molecule has 0 amide bonds. The van der Waals surface area contributed by atoms with Crippen LogP contribution < -0.4 is 10.5 Å². The zero-order valence-corrected chi connectivity index (χ0v) is 10.3. The minimum atomic E-state index is -4.06. The Morgan fingerprint density at radius 1 is 1.16 bits per heavy atom. The van der Waals surface area contributed by atoms with Gasteiger partial charge in [-0.1, -0.05) is 6.07 Å². The molecule has 0 atom stereocenters. The molecule has 5 nitrogen and oxygen atoms in total. The summed E-state index contributed by atoms with van der Waals surface area (Å²) in [5, 5.41) is 0. The Morgan fingerprint density at radius 3 is 2.53 bits per heavy atom. The fraction of sp³-hybridized carbons (Fsp3) is 0. The highest BCUT2D eigenvalue weighted by atomic mass is 32.2. The molecule has 0 unspecified atom stereocenters. The van der Waals surface area contributed by atoms with Crippen molar-refractivity contribution in [1.82, 2.24) is 4.98 Å². The highest BCUT2D eigenvalue weighted by Crippen LogP contribution is 2.23. The van der Waals surface area contributed by atoms with Crippen LogP contribution in [0.4, 0.5) is 20.2 Å². The molecular formula is C11H9F2N3O2S. The molecule has 100 valence electrons. The number of nitrogens with zero attached hydrogens (tertiary/aromatic N) is 1. The standard InChI is InChI=1S/C11H9F2N3O2S/c12-8-2-1-3-9(11(8)14)19(17,18)16-7-4-5-10(13)15-6-7/h1-6,16H,14H2. The molecule has 8 heteroatoms. The molecule has 1 heterocycles. The van der Waals surface area contributed by atoms with E-state index in [1.54, 1.807) is 0 Å². The fourth-order valence-corrected chi connectivity index (χ4v) is 2.58. The van der Waals surface area contributed by atoms with Crippen LogP contribution in [0.2, 0.25) is 0 Å². The molecule has 0 saturated heterocycles. The van der Waals surface area contributed by atoms with Crippen LogP contribution in [0.5, 0.6) is 0 Å². The maximum atomic E-state index is 13.2. The van der Waals surface area contributed by atoms with Gasteiger partial charge < -0.3 is 5.73 Å². The van der Waals surface area contributed by atoms with Gasteiger partial charge in [-0.05, 0) is 24.3 Å². The van der Waals surface area contributed by atoms with Crippen LogP contribution in [0.1, 0.15) is 0 Å². The molecule has 0 fully saturated rings. The van der Waals surface area contributed by atoms with E-state index >= 15 is 0 Å². The third kappa shape index (κ3) is 2.79. The predicted octanol–water partition coefficient (Wildman–Crippen LogP) is 1.74. The van der Waals surface area contributed by atoms with Crippen molar-refractivity contribution in [3.8, 4) is 0 Å². The molecule has 0 saturated carbocycles. The number of para-hydroxylation sites is 1. The number of hydrogen-bond donors (Lipinski definition) is 2. The van der Waals surface area contributed by atoms with Gasteiger partial charge in [0.25, 0.3) is 10.0 Å². The molecule has 3 N–H and O–H groups in total. The Balaban J connectivity index is 2.38. The molecule has 19 heavy (non-hydrogen) atoms. The van der Waals surface area contributed by atoms with Crippen LogP contribution in [0.3, 0.4) is 0 Å². The lowest BCUT2D eigenvalue weighted by Crippen LogP contribution is -2.15. The topological polar surface area (TPSA) is 85.1 Å². The van der Waals surface area contributed by atoms with Crippen molar-refractivity contribution in [1.29, 1.82) is 0 Å². The summed E-state index contributed by atoms with van der Waals surface area (Å²) in [5.74, 6) is -1.58. The molecular weight excluding hydrogens is 276 g/mol. The van der Waals surface area contributed by atoms with E-state index in [2.05, 4.69) is 9.71 Å². The van der Waals surface area contributed by atoms with E-state index in [1.165, 1.54) is 12.1 Å². The van der Waals surface area contributed by atoms with Crippen molar-refractivity contribution in [2.45, 2.75) is 4.90 Å². The summed E-state index contributed by atoms with van der Waals surface area (Å²) in [4.78, 5) is 2.91. The quantitative estimate of drug-likeness (QED) is 0.664. The number of sulfonamides is 1. The lowest BCUT2D eigenvalue weighted by molar-refractivity contribution is 0.583. The van der Waals surface area contributed by atoms with Gasteiger partial charge in [0.15, 0.2) is 0 Å². The third-order valence-corrected chi connectivity index (χ3v) is 3.72. The first kappa shape index (κ1) is 13.2. The molecule has 0 bridgehead atoms. The van der Waals surface area contributed by atoms with Crippen molar-refractivity contribution in [3.63, 3.8) is 0 Å². The summed E-state index contributed by atoms with van der Waals surface area (Å²) in [6, 6.07) is 5.62. The van der Waals surface area contributed by atoms with Crippen LogP contribution in [-0.4, -0.2) is 13.4 Å². The maximum absolute atomic E-state index is 13.2. The maximum Gasteiger partial charge on any atom is 0.264 e. The van der Waals surface area contributed by atoms with Gasteiger partial charge in [0.05, 0.1) is 17.6 Å². The Hall–Kier alpha value is -2.22. The summed E-state index contributed by atoms with van der Waals surface area (Å²) < 4.78 is 51.9. The normalized spacial score (nSPS) is 11.3. The largest absolute Gasteiger partial charge is 0.395 e. The molecule has 0 aliphatic rings. The zero-order chi connectivity index (χ0) is 14.0. The minimum absolute atomic E-state index is 0.0464. The Kier molecular flexibility index (Phi) is 3.34. The smallest absolute Gasteiger partial charge is 0.264 e. The number of rotatable bonds is 3. The SMILES string of the molecule is Nc1c(F)cccc1S(=O)(=O)Nc1ccc(F)nc1. The average molecular weight is 285 g/mol. The number of pyridine rings is 1. The van der Waals surface area contributed by atoms with Crippen LogP contribution in [0.25, 0.3) is 0 Å². The number of benzene rings is 1. The number of nitrogen functional groups attached to an aromatic ring is 1. The van der Waals surface area contributed by atoms with Crippen molar-refractivity contribution in [2.75, 3.05) is 10.5 Å². The third-order valence-electron chi connectivity index (χ3n) is 2.28. The van der Waals surface area contributed by atoms with Crippen LogP contribution in [0.15, 0.2) is 41.4 Å². The Morgan fingerprint density at radius 2 is 1.89 bits per heavy atom. The second-order valence-corrected chi connectivity index (χ2v) is 5.28. The van der Waals surface area contributed by atoms with Crippen LogP contribution >= 0.6 is 0 Å². The van der Waals surface area contributed by atoms with Crippen molar-refractivity contribution < 1.29 is 17.2 Å². The van der Waals surface area contributed by atoms with Gasteiger partial charge in [-0.2, -0.15) is 4.39 Å². The highest BCUT2D eigenvalue weighted by Gasteiger charge is 2.19. The average Bonchev–Trinajstić information content (AvgIpc) is 2.35. The van der Waals surface area contributed by atoms with E-state index in [1.807, 2.05) is 0 Å². The van der Waals surface area contributed by atoms with E-state index in [9.17, 15) is 17.2 Å². The lowest BCUT2D eigenvalue weighted by Gasteiger charge is -2.10. The van der Waals surface area contributed by atoms with Crippen LogP contribution in [0, 0.1) is 11.8 Å². The lowest BCUT2D eigenvalue weighted by atomic mass is 10.3. The Labute approximate surface area is 108 Å². The van der Waals surface area contributed by atoms with Crippen LogP contribution in [-0.2, 0) is 10.0 Å². The summed E-state index contributed by atoms with van der Waals surface area (Å²) in [7, 11) is -4.06. The number of anilines is 2. The molecule has 1 aromatic carbocycles. The second kappa shape index (κ2) is 4.81. The van der Waals surface area contributed by atoms with E-state index in [0.717, 1.165) is 24.4 Å². The number of halogens is 2. The highest BCUT2D eigenvalue weighted by molar-refractivity contribution is 7.92. The zero-order valence-electron chi connectivity index (χ0n) is 9.47. The molecule has 0 aliphatic heterocycles. The Bertz CT molecular complexity index is 702. The summed E-state index contributed by atoms with van der Waals surface area (Å²) in [6.45, 7) is 0. The minimum Gasteiger partial charge on any atom is -0.395 e. The monoisotopic (exact) mass is 285 g/mol. The first-order chi connectivity index (χ1) is 8.90. The molecule has 0 aliphatic carbocycles. The first-order valence-electron chi connectivity index (χ1n) is 5.08. The molecule has 0 spiro atoms. The first-order valence-corrected chi connectivity index (χ1v) is 6.57. The molecule has 1 aromatic heterocycles. The molecule has 2 aromatic rings. The van der Waals surface area contributed by atoms with E-state index in [4.69, 9.17) is 5.73 Å². The second-order valence-electron chi connectivity index (χ2n) is 3.63. The van der Waals surface area contributed by atoms with Gasteiger partial charge in [0, 0.05) is 0 Å². The van der Waals surface area contributed by atoms with Crippen molar-refractivity contribution >= 4 is 21.4 Å². The van der Waals surface area contributed by atoms with Gasteiger partial charge in [-0.3, -0.25) is 4.72 Å². The number of hydrogen-bond acceptors (Lipinski definition) is 4. The van der Waals surface area contributed by atoms with E-state index in [-0.39, 0.29) is 5.69 Å². The summed E-state index contributed by atoms with van der Waals surface area (Å²) in [6.07, 6.45) is 1.00. The molecule has 0 radical (unpaired) electrons. The fourth-order valence-electron chi connectivity index (χ4n) is 1.40. The van der Waals surface area contributed by atoms with E-state index < -0.39 is 32.4 Å². The number of aromatic nitrogens is 1. The van der Waals surface area contributed by atoms with Crippen molar-refractivity contribution in [2.24, 2.45) is 0 Å². The number of nitrogens with one attached hydrogen (secondary N) is 1. The van der Waals surface area contributed by atoms with Gasteiger partial charge in [0.2, 0.25) is 5.95 Å².